The summed E-state index contributed by atoms with van der Waals surface area (Å²) in [5.74, 6) is 0.0460. The Kier molecular flexibility index (Phi) is 4.16. The fourth-order valence-corrected chi connectivity index (χ4v) is 4.45. The van der Waals surface area contributed by atoms with Crippen molar-refractivity contribution in [1.29, 1.82) is 0 Å². The molecular formula is C15H18N4O3S. The van der Waals surface area contributed by atoms with E-state index in [-0.39, 0.29) is 23.5 Å². The standard InChI is InChI=1S/C15H18N4O3S/c1-11-14(15(20)17-8-12-3-2-5-16-7-12)9-18-19(11)13-4-6-23(21,22)10-13/h2-3,5,7,9,13H,4,6,8,10H2,1H3,(H,17,20)/t13-/m1/s1. The minimum Gasteiger partial charge on any atom is -0.348 e. The molecule has 0 spiro atoms. The molecule has 2 aromatic heterocycles. The van der Waals surface area contributed by atoms with Gasteiger partial charge < -0.3 is 5.32 Å². The fraction of sp³-hybridized carbons (Fsp3) is 0.400. The van der Waals surface area contributed by atoms with Gasteiger partial charge in [-0.2, -0.15) is 5.10 Å². The molecular weight excluding hydrogens is 316 g/mol. The van der Waals surface area contributed by atoms with Crippen LogP contribution >= 0.6 is 0 Å². The van der Waals surface area contributed by atoms with E-state index >= 15 is 0 Å². The number of carbonyl (C=O) groups excluding carboxylic acids is 1. The molecule has 1 saturated heterocycles. The van der Waals surface area contributed by atoms with Gasteiger partial charge in [0.2, 0.25) is 0 Å². The molecule has 0 radical (unpaired) electrons. The molecule has 8 heteroatoms. The average molecular weight is 334 g/mol. The van der Waals surface area contributed by atoms with Crippen LogP contribution in [0.15, 0.2) is 30.7 Å². The van der Waals surface area contributed by atoms with Crippen LogP contribution < -0.4 is 5.32 Å². The minimum atomic E-state index is -2.99. The molecule has 1 amide bonds. The van der Waals surface area contributed by atoms with E-state index in [1.54, 1.807) is 24.0 Å². The summed E-state index contributed by atoms with van der Waals surface area (Å²) < 4.78 is 24.9. The Morgan fingerprint density at radius 2 is 2.26 bits per heavy atom. The Bertz CT molecular complexity index is 815. The van der Waals surface area contributed by atoms with Crippen molar-refractivity contribution in [2.75, 3.05) is 11.5 Å². The Labute approximate surface area is 134 Å². The quantitative estimate of drug-likeness (QED) is 0.895. The highest BCUT2D eigenvalue weighted by molar-refractivity contribution is 7.91. The summed E-state index contributed by atoms with van der Waals surface area (Å²) in [6.07, 6.45) is 5.41. The number of nitrogens with zero attached hydrogens (tertiary/aromatic N) is 3. The molecule has 0 aromatic carbocycles. The van der Waals surface area contributed by atoms with Gasteiger partial charge in [0.25, 0.3) is 5.91 Å². The van der Waals surface area contributed by atoms with E-state index < -0.39 is 9.84 Å². The summed E-state index contributed by atoms with van der Waals surface area (Å²) in [6, 6.07) is 3.51. The summed E-state index contributed by atoms with van der Waals surface area (Å²) in [4.78, 5) is 16.3. The van der Waals surface area contributed by atoms with Crippen LogP contribution in [0.3, 0.4) is 0 Å². The molecule has 0 unspecified atom stereocenters. The molecule has 0 bridgehead atoms. The van der Waals surface area contributed by atoms with Crippen molar-refractivity contribution >= 4 is 15.7 Å². The van der Waals surface area contributed by atoms with E-state index in [1.165, 1.54) is 6.20 Å². The van der Waals surface area contributed by atoms with Crippen molar-refractivity contribution in [2.24, 2.45) is 0 Å². The number of pyridine rings is 1. The van der Waals surface area contributed by atoms with Crippen molar-refractivity contribution in [3.05, 3.63) is 47.5 Å². The molecule has 1 aliphatic heterocycles. The second-order valence-corrected chi connectivity index (χ2v) is 7.92. The second kappa shape index (κ2) is 6.11. The van der Waals surface area contributed by atoms with Gasteiger partial charge in [-0.3, -0.25) is 14.5 Å². The zero-order chi connectivity index (χ0) is 16.4. The number of aromatic nitrogens is 3. The number of rotatable bonds is 4. The van der Waals surface area contributed by atoms with Crippen LogP contribution in [0.25, 0.3) is 0 Å². The molecule has 0 aliphatic carbocycles. The molecule has 0 saturated carbocycles. The van der Waals surface area contributed by atoms with Gasteiger partial charge in [0.1, 0.15) is 0 Å². The van der Waals surface area contributed by atoms with Gasteiger partial charge in [-0.25, -0.2) is 8.42 Å². The number of amides is 1. The third kappa shape index (κ3) is 3.42. The summed E-state index contributed by atoms with van der Waals surface area (Å²) in [6.45, 7) is 2.17. The van der Waals surface area contributed by atoms with E-state index in [1.807, 2.05) is 12.1 Å². The average Bonchev–Trinajstić information content (AvgIpc) is 3.08. The SMILES string of the molecule is Cc1c(C(=O)NCc2cccnc2)cnn1[C@@H]1CCS(=O)(=O)C1. The highest BCUT2D eigenvalue weighted by Crippen LogP contribution is 2.25. The molecule has 1 aliphatic rings. The molecule has 23 heavy (non-hydrogen) atoms. The second-order valence-electron chi connectivity index (χ2n) is 5.69. The molecule has 2 aromatic rings. The highest BCUT2D eigenvalue weighted by Gasteiger charge is 2.31. The maximum atomic E-state index is 12.3. The summed E-state index contributed by atoms with van der Waals surface area (Å²) in [5.41, 5.74) is 2.07. The molecule has 122 valence electrons. The first-order chi connectivity index (χ1) is 11.0. The maximum Gasteiger partial charge on any atom is 0.255 e. The van der Waals surface area contributed by atoms with E-state index in [4.69, 9.17) is 0 Å². The van der Waals surface area contributed by atoms with E-state index in [9.17, 15) is 13.2 Å². The van der Waals surface area contributed by atoms with Gasteiger partial charge in [-0.05, 0) is 25.0 Å². The maximum absolute atomic E-state index is 12.3. The predicted octanol–water partition coefficient (Wildman–Crippen LogP) is 0.876. The molecule has 1 fully saturated rings. The number of sulfone groups is 1. The lowest BCUT2D eigenvalue weighted by Gasteiger charge is -2.11. The fourth-order valence-electron chi connectivity index (χ4n) is 2.76. The minimum absolute atomic E-state index is 0.0895. The number of nitrogens with one attached hydrogen (secondary N) is 1. The van der Waals surface area contributed by atoms with Gasteiger partial charge in [0.05, 0.1) is 29.3 Å². The van der Waals surface area contributed by atoms with Crippen molar-refractivity contribution in [1.82, 2.24) is 20.1 Å². The predicted molar refractivity (Wildman–Crippen MR) is 84.7 cm³/mol. The zero-order valence-electron chi connectivity index (χ0n) is 12.8. The van der Waals surface area contributed by atoms with Crippen LogP contribution in [0.2, 0.25) is 0 Å². The summed E-state index contributed by atoms with van der Waals surface area (Å²) in [5, 5.41) is 7.04. The third-order valence-corrected chi connectivity index (χ3v) is 5.77. The van der Waals surface area contributed by atoms with Crippen molar-refractivity contribution in [3.63, 3.8) is 0 Å². The first kappa shape index (κ1) is 15.7. The molecule has 1 atom stereocenters. The summed E-state index contributed by atoms with van der Waals surface area (Å²) in [7, 11) is -2.99. The lowest BCUT2D eigenvalue weighted by Crippen LogP contribution is -2.23. The lowest BCUT2D eigenvalue weighted by atomic mass is 10.2. The van der Waals surface area contributed by atoms with Crippen molar-refractivity contribution in [2.45, 2.75) is 25.9 Å². The van der Waals surface area contributed by atoms with E-state index in [0.717, 1.165) is 5.56 Å². The first-order valence-corrected chi connectivity index (χ1v) is 9.20. The zero-order valence-corrected chi connectivity index (χ0v) is 13.6. The summed E-state index contributed by atoms with van der Waals surface area (Å²) >= 11 is 0. The van der Waals surface area contributed by atoms with Crippen molar-refractivity contribution < 1.29 is 13.2 Å². The Balaban J connectivity index is 1.70. The van der Waals surface area contributed by atoms with Gasteiger partial charge in [-0.1, -0.05) is 6.07 Å². The van der Waals surface area contributed by atoms with E-state index in [0.29, 0.717) is 24.2 Å². The van der Waals surface area contributed by atoms with Crippen molar-refractivity contribution in [3.8, 4) is 0 Å². The van der Waals surface area contributed by atoms with Crippen LogP contribution in [0.4, 0.5) is 0 Å². The van der Waals surface area contributed by atoms with Gasteiger partial charge in [-0.15, -0.1) is 0 Å². The topological polar surface area (TPSA) is 93.9 Å². The first-order valence-electron chi connectivity index (χ1n) is 7.38. The monoisotopic (exact) mass is 334 g/mol. The third-order valence-electron chi connectivity index (χ3n) is 4.02. The van der Waals surface area contributed by atoms with Crippen LogP contribution in [-0.4, -0.2) is 40.6 Å². The van der Waals surface area contributed by atoms with Crippen LogP contribution in [0, 0.1) is 6.92 Å². The normalized spacial score (nSPS) is 19.6. The number of hydrogen-bond donors (Lipinski definition) is 1. The number of carbonyl (C=O) groups is 1. The molecule has 3 heterocycles. The smallest absolute Gasteiger partial charge is 0.255 e. The molecule has 3 rings (SSSR count). The Morgan fingerprint density at radius 1 is 1.43 bits per heavy atom. The van der Waals surface area contributed by atoms with Gasteiger partial charge in [0.15, 0.2) is 9.84 Å². The Morgan fingerprint density at radius 3 is 2.91 bits per heavy atom. The Hall–Kier alpha value is -2.22. The largest absolute Gasteiger partial charge is 0.348 e. The van der Waals surface area contributed by atoms with Crippen LogP contribution in [0.1, 0.15) is 34.1 Å². The number of hydrogen-bond acceptors (Lipinski definition) is 5. The van der Waals surface area contributed by atoms with Gasteiger partial charge >= 0.3 is 0 Å². The van der Waals surface area contributed by atoms with Gasteiger partial charge in [0, 0.05) is 24.6 Å². The van der Waals surface area contributed by atoms with E-state index in [2.05, 4.69) is 15.4 Å². The lowest BCUT2D eigenvalue weighted by molar-refractivity contribution is 0.0950. The highest BCUT2D eigenvalue weighted by atomic mass is 32.2. The van der Waals surface area contributed by atoms with Crippen LogP contribution in [0.5, 0.6) is 0 Å². The molecule has 1 N–H and O–H groups in total. The molecule has 7 nitrogen and oxygen atoms in total. The van der Waals surface area contributed by atoms with Crippen LogP contribution in [-0.2, 0) is 16.4 Å².